The fourth-order valence-corrected chi connectivity index (χ4v) is 2.38. The highest BCUT2D eigenvalue weighted by atomic mass is 16.8. The standard InChI is InChI=1S/C18H38NO4/c1-7-11-15-22-17(20-5,13-9-3)19-18(21-6,14-10-4)23-16-12-8-2/h7-16H2,1-6H3. The van der Waals surface area contributed by atoms with Gasteiger partial charge in [0.05, 0.1) is 13.2 Å². The van der Waals surface area contributed by atoms with E-state index in [1.807, 2.05) is 0 Å². The molecule has 0 aliphatic carbocycles. The van der Waals surface area contributed by atoms with Crippen molar-refractivity contribution in [1.29, 1.82) is 0 Å². The second-order valence-electron chi connectivity index (χ2n) is 5.85. The molecule has 2 atom stereocenters. The molecule has 0 heterocycles. The second-order valence-corrected chi connectivity index (χ2v) is 5.85. The second kappa shape index (κ2) is 13.1. The van der Waals surface area contributed by atoms with Crippen LogP contribution < -0.4 is 5.32 Å². The van der Waals surface area contributed by atoms with E-state index in [9.17, 15) is 0 Å². The van der Waals surface area contributed by atoms with Crippen LogP contribution in [-0.2, 0) is 18.9 Å². The lowest BCUT2D eigenvalue weighted by molar-refractivity contribution is -0.340. The molecule has 2 unspecified atom stereocenters. The van der Waals surface area contributed by atoms with Crippen molar-refractivity contribution in [2.75, 3.05) is 27.4 Å². The minimum Gasteiger partial charge on any atom is -0.340 e. The number of hydrogen-bond donors (Lipinski definition) is 0. The van der Waals surface area contributed by atoms with Gasteiger partial charge in [-0.15, -0.1) is 5.32 Å². The largest absolute Gasteiger partial charge is 0.340 e. The first-order valence-electron chi connectivity index (χ1n) is 9.19. The van der Waals surface area contributed by atoms with Crippen molar-refractivity contribution in [3.63, 3.8) is 0 Å². The number of methoxy groups -OCH3 is 2. The van der Waals surface area contributed by atoms with E-state index in [0.717, 1.165) is 38.5 Å². The molecule has 0 saturated carbocycles. The molecular weight excluding hydrogens is 294 g/mol. The van der Waals surface area contributed by atoms with E-state index in [1.165, 1.54) is 0 Å². The van der Waals surface area contributed by atoms with Crippen LogP contribution in [0.3, 0.4) is 0 Å². The summed E-state index contributed by atoms with van der Waals surface area (Å²) in [6.07, 6.45) is 7.28. The normalized spacial score (nSPS) is 17.0. The van der Waals surface area contributed by atoms with Crippen LogP contribution in [-0.4, -0.2) is 39.3 Å². The molecule has 1 radical (unpaired) electrons. The van der Waals surface area contributed by atoms with Crippen LogP contribution in [0.4, 0.5) is 0 Å². The summed E-state index contributed by atoms with van der Waals surface area (Å²) in [6, 6.07) is 0. The van der Waals surface area contributed by atoms with Gasteiger partial charge in [0.15, 0.2) is 0 Å². The van der Waals surface area contributed by atoms with E-state index in [4.69, 9.17) is 24.3 Å². The third kappa shape index (κ3) is 8.45. The van der Waals surface area contributed by atoms with Gasteiger partial charge < -0.3 is 18.9 Å². The SMILES string of the molecule is CCCCOC(CCC)([N]C(CCC)(OC)OCCCC)OC. The summed E-state index contributed by atoms with van der Waals surface area (Å²) >= 11 is 0. The van der Waals surface area contributed by atoms with Gasteiger partial charge in [-0.1, -0.05) is 40.5 Å². The monoisotopic (exact) mass is 332 g/mol. The Balaban J connectivity index is 5.12. The maximum absolute atomic E-state index is 6.02. The minimum atomic E-state index is -0.999. The number of rotatable bonds is 16. The maximum atomic E-state index is 6.02. The van der Waals surface area contributed by atoms with Crippen molar-refractivity contribution in [3.05, 3.63) is 0 Å². The number of ether oxygens (including phenoxy) is 4. The third-order valence-electron chi connectivity index (χ3n) is 3.76. The Bertz CT molecular complexity index is 252. The van der Waals surface area contributed by atoms with Gasteiger partial charge in [-0.25, -0.2) is 0 Å². The highest BCUT2D eigenvalue weighted by molar-refractivity contribution is 4.76. The molecule has 139 valence electrons. The first kappa shape index (κ1) is 22.8. The zero-order chi connectivity index (χ0) is 17.6. The quantitative estimate of drug-likeness (QED) is 0.310. The molecule has 0 saturated heterocycles. The zero-order valence-corrected chi connectivity index (χ0v) is 16.2. The predicted molar refractivity (Wildman–Crippen MR) is 93.2 cm³/mol. The zero-order valence-electron chi connectivity index (χ0n) is 16.2. The molecule has 0 rings (SSSR count). The molecule has 0 aromatic rings. The maximum Gasteiger partial charge on any atom is 0.247 e. The van der Waals surface area contributed by atoms with E-state index in [0.29, 0.717) is 26.1 Å². The molecule has 0 bridgehead atoms. The number of nitrogens with zero attached hydrogens (tertiary/aromatic N) is 1. The number of hydrogen-bond acceptors (Lipinski definition) is 4. The topological polar surface area (TPSA) is 51.0 Å². The van der Waals surface area contributed by atoms with Crippen LogP contribution in [0.1, 0.15) is 79.1 Å². The van der Waals surface area contributed by atoms with E-state index in [-0.39, 0.29) is 0 Å². The van der Waals surface area contributed by atoms with Crippen LogP contribution in [0.25, 0.3) is 0 Å². The lowest BCUT2D eigenvalue weighted by atomic mass is 10.2. The van der Waals surface area contributed by atoms with Crippen molar-refractivity contribution in [3.8, 4) is 0 Å². The summed E-state index contributed by atoms with van der Waals surface area (Å²) < 4.78 is 23.4. The average molecular weight is 333 g/mol. The fourth-order valence-electron chi connectivity index (χ4n) is 2.38. The van der Waals surface area contributed by atoms with E-state index in [2.05, 4.69) is 27.7 Å². The van der Waals surface area contributed by atoms with E-state index in [1.54, 1.807) is 14.2 Å². The summed E-state index contributed by atoms with van der Waals surface area (Å²) in [5, 5.41) is 4.81. The molecule has 0 amide bonds. The third-order valence-corrected chi connectivity index (χ3v) is 3.76. The highest BCUT2D eigenvalue weighted by Gasteiger charge is 2.44. The van der Waals surface area contributed by atoms with Crippen molar-refractivity contribution in [1.82, 2.24) is 5.32 Å². The summed E-state index contributed by atoms with van der Waals surface area (Å²) in [4.78, 5) is 0. The van der Waals surface area contributed by atoms with Crippen LogP contribution in [0, 0.1) is 0 Å². The summed E-state index contributed by atoms with van der Waals surface area (Å²) in [7, 11) is 3.28. The van der Waals surface area contributed by atoms with Gasteiger partial charge in [0.1, 0.15) is 0 Å². The first-order chi connectivity index (χ1) is 11.1. The van der Waals surface area contributed by atoms with Gasteiger partial charge in [0.25, 0.3) is 0 Å². The van der Waals surface area contributed by atoms with Crippen LogP contribution in [0.2, 0.25) is 0 Å². The van der Waals surface area contributed by atoms with E-state index >= 15 is 0 Å². The molecule has 0 aromatic carbocycles. The molecule has 0 N–H and O–H groups in total. The van der Waals surface area contributed by atoms with Gasteiger partial charge in [-0.05, 0) is 25.7 Å². The van der Waals surface area contributed by atoms with Crippen LogP contribution in [0.5, 0.6) is 0 Å². The Morgan fingerprint density at radius 2 is 1.04 bits per heavy atom. The smallest absolute Gasteiger partial charge is 0.247 e. The van der Waals surface area contributed by atoms with Gasteiger partial charge >= 0.3 is 0 Å². The Morgan fingerprint density at radius 1 is 0.652 bits per heavy atom. The Kier molecular flexibility index (Phi) is 13.0. The van der Waals surface area contributed by atoms with Gasteiger partial charge in [0, 0.05) is 27.1 Å². The minimum absolute atomic E-state index is 0.620. The Morgan fingerprint density at radius 3 is 1.30 bits per heavy atom. The van der Waals surface area contributed by atoms with Crippen molar-refractivity contribution in [2.45, 2.75) is 90.9 Å². The molecule has 5 heteroatoms. The fraction of sp³-hybridized carbons (Fsp3) is 1.00. The molecule has 0 spiro atoms. The van der Waals surface area contributed by atoms with Crippen LogP contribution >= 0.6 is 0 Å². The molecular formula is C18H38NO4. The Hall–Kier alpha value is -0.200. The van der Waals surface area contributed by atoms with Crippen molar-refractivity contribution < 1.29 is 18.9 Å². The summed E-state index contributed by atoms with van der Waals surface area (Å²) in [6.45, 7) is 9.71. The van der Waals surface area contributed by atoms with Crippen molar-refractivity contribution in [2.24, 2.45) is 0 Å². The predicted octanol–water partition coefficient (Wildman–Crippen LogP) is 4.42. The van der Waals surface area contributed by atoms with E-state index < -0.39 is 11.8 Å². The lowest BCUT2D eigenvalue weighted by Gasteiger charge is -2.40. The summed E-state index contributed by atoms with van der Waals surface area (Å²) in [5.74, 6) is -2.00. The molecule has 5 nitrogen and oxygen atoms in total. The molecule has 23 heavy (non-hydrogen) atoms. The molecule has 0 aromatic heterocycles. The van der Waals surface area contributed by atoms with Gasteiger partial charge in [-0.2, -0.15) is 0 Å². The molecule has 0 aliphatic heterocycles. The van der Waals surface area contributed by atoms with Crippen LogP contribution in [0.15, 0.2) is 0 Å². The molecule has 0 aliphatic rings. The van der Waals surface area contributed by atoms with Gasteiger partial charge in [-0.3, -0.25) is 0 Å². The Labute approximate surface area is 143 Å². The van der Waals surface area contributed by atoms with Crippen molar-refractivity contribution >= 4 is 0 Å². The first-order valence-corrected chi connectivity index (χ1v) is 9.19. The number of unbranched alkanes of at least 4 members (excludes halogenated alkanes) is 2. The van der Waals surface area contributed by atoms with Gasteiger partial charge in [0.2, 0.25) is 11.8 Å². The average Bonchev–Trinajstić information content (AvgIpc) is 2.55. The summed E-state index contributed by atoms with van der Waals surface area (Å²) in [5.41, 5.74) is 0. The lowest BCUT2D eigenvalue weighted by Crippen LogP contribution is -2.57. The highest BCUT2D eigenvalue weighted by Crippen LogP contribution is 2.28. The molecule has 0 fully saturated rings.